The molecule has 0 spiro atoms. The summed E-state index contributed by atoms with van der Waals surface area (Å²) in [6, 6.07) is 5.16. The number of pyridine rings is 2. The second-order valence-corrected chi connectivity index (χ2v) is 7.52. The Morgan fingerprint density at radius 2 is 1.64 bits per heavy atom. The first-order valence-corrected chi connectivity index (χ1v) is 9.34. The van der Waals surface area contributed by atoms with Crippen molar-refractivity contribution in [3.05, 3.63) is 59.2 Å². The molecule has 0 N–H and O–H groups in total. The number of aryl methyl sites for hydroxylation is 2. The Bertz CT molecular complexity index is 685. The van der Waals surface area contributed by atoms with Crippen LogP contribution in [0.1, 0.15) is 41.5 Å². The minimum absolute atomic E-state index is 0.654. The van der Waals surface area contributed by atoms with E-state index in [0.717, 1.165) is 19.6 Å². The molecule has 1 aliphatic heterocycles. The molecule has 1 unspecified atom stereocenters. The van der Waals surface area contributed by atoms with Crippen LogP contribution in [0.4, 0.5) is 0 Å². The van der Waals surface area contributed by atoms with Crippen LogP contribution < -0.4 is 0 Å². The number of hydrogen-bond acceptors (Lipinski definition) is 4. The molecule has 2 aromatic heterocycles. The molecule has 2 aromatic rings. The van der Waals surface area contributed by atoms with E-state index >= 15 is 0 Å². The summed E-state index contributed by atoms with van der Waals surface area (Å²) in [6.07, 6.45) is 11.6. The van der Waals surface area contributed by atoms with Gasteiger partial charge in [0.05, 0.1) is 0 Å². The average Bonchev–Trinajstić information content (AvgIpc) is 2.80. The lowest BCUT2D eigenvalue weighted by Gasteiger charge is -2.27. The summed E-state index contributed by atoms with van der Waals surface area (Å²) in [5.41, 5.74) is 5.13. The molecule has 4 heteroatoms. The highest BCUT2D eigenvalue weighted by Gasteiger charge is 2.20. The molecule has 1 aliphatic rings. The van der Waals surface area contributed by atoms with Crippen LogP contribution in [-0.2, 0) is 13.1 Å². The lowest BCUT2D eigenvalue weighted by Crippen LogP contribution is -2.32. The summed E-state index contributed by atoms with van der Waals surface area (Å²) in [7, 11) is 2.26. The quantitative estimate of drug-likeness (QED) is 0.834. The van der Waals surface area contributed by atoms with E-state index in [1.54, 1.807) is 0 Å². The minimum Gasteiger partial charge on any atom is -0.299 e. The largest absolute Gasteiger partial charge is 0.299 e. The molecular formula is C21H30N4. The van der Waals surface area contributed by atoms with E-state index in [4.69, 9.17) is 0 Å². The molecular weight excluding hydrogens is 308 g/mol. The first kappa shape index (κ1) is 18.0. The summed E-state index contributed by atoms with van der Waals surface area (Å²) < 4.78 is 0. The molecule has 25 heavy (non-hydrogen) atoms. The maximum atomic E-state index is 4.33. The summed E-state index contributed by atoms with van der Waals surface area (Å²) >= 11 is 0. The topological polar surface area (TPSA) is 32.3 Å². The summed E-state index contributed by atoms with van der Waals surface area (Å²) in [5, 5.41) is 0. The monoisotopic (exact) mass is 338 g/mol. The van der Waals surface area contributed by atoms with Gasteiger partial charge >= 0.3 is 0 Å². The van der Waals surface area contributed by atoms with Crippen LogP contribution in [0.2, 0.25) is 0 Å². The zero-order valence-electron chi connectivity index (χ0n) is 15.8. The SMILES string of the molecule is Cc1cncc(CN2CCCC(N(C)Cc3cncc(C)c3)CC2)c1. The Morgan fingerprint density at radius 3 is 2.36 bits per heavy atom. The molecule has 3 heterocycles. The molecule has 0 saturated carbocycles. The van der Waals surface area contributed by atoms with Crippen molar-refractivity contribution >= 4 is 0 Å². The normalized spacial score (nSPS) is 19.1. The third kappa shape index (κ3) is 5.35. The highest BCUT2D eigenvalue weighted by molar-refractivity contribution is 5.17. The van der Waals surface area contributed by atoms with Gasteiger partial charge < -0.3 is 0 Å². The number of rotatable bonds is 5. The van der Waals surface area contributed by atoms with E-state index < -0.39 is 0 Å². The summed E-state index contributed by atoms with van der Waals surface area (Å²) in [4.78, 5) is 13.7. The van der Waals surface area contributed by atoms with Crippen molar-refractivity contribution in [2.75, 3.05) is 20.1 Å². The third-order valence-corrected chi connectivity index (χ3v) is 5.11. The van der Waals surface area contributed by atoms with E-state index in [-0.39, 0.29) is 0 Å². The lowest BCUT2D eigenvalue weighted by molar-refractivity contribution is 0.206. The van der Waals surface area contributed by atoms with Crippen molar-refractivity contribution in [1.29, 1.82) is 0 Å². The molecule has 1 atom stereocenters. The third-order valence-electron chi connectivity index (χ3n) is 5.11. The highest BCUT2D eigenvalue weighted by atomic mass is 15.2. The second-order valence-electron chi connectivity index (χ2n) is 7.52. The zero-order chi connectivity index (χ0) is 17.6. The van der Waals surface area contributed by atoms with E-state index in [1.807, 2.05) is 24.8 Å². The van der Waals surface area contributed by atoms with Crippen LogP contribution in [0.3, 0.4) is 0 Å². The highest BCUT2D eigenvalue weighted by Crippen LogP contribution is 2.19. The van der Waals surface area contributed by atoms with Gasteiger partial charge in [0, 0.05) is 43.9 Å². The maximum absolute atomic E-state index is 4.33. The Balaban J connectivity index is 1.54. The van der Waals surface area contributed by atoms with Crippen LogP contribution in [-0.4, -0.2) is 45.9 Å². The first-order chi connectivity index (χ1) is 12.1. The number of hydrogen-bond donors (Lipinski definition) is 0. The van der Waals surface area contributed by atoms with Crippen LogP contribution in [0.25, 0.3) is 0 Å². The van der Waals surface area contributed by atoms with Crippen molar-refractivity contribution < 1.29 is 0 Å². The van der Waals surface area contributed by atoms with Crippen LogP contribution in [0, 0.1) is 13.8 Å². The Kier molecular flexibility index (Phi) is 6.16. The Labute approximate surface area is 151 Å². The van der Waals surface area contributed by atoms with Crippen LogP contribution >= 0.6 is 0 Å². The van der Waals surface area contributed by atoms with Crippen LogP contribution in [0.15, 0.2) is 36.9 Å². The van der Waals surface area contributed by atoms with Gasteiger partial charge in [-0.15, -0.1) is 0 Å². The number of likely N-dealkylation sites (tertiary alicyclic amines) is 1. The van der Waals surface area contributed by atoms with E-state index in [9.17, 15) is 0 Å². The summed E-state index contributed by atoms with van der Waals surface area (Å²) in [6.45, 7) is 8.58. The molecule has 1 fully saturated rings. The van der Waals surface area contributed by atoms with E-state index in [0.29, 0.717) is 6.04 Å². The van der Waals surface area contributed by atoms with Crippen molar-refractivity contribution in [2.45, 2.75) is 52.2 Å². The summed E-state index contributed by atoms with van der Waals surface area (Å²) in [5.74, 6) is 0. The predicted molar refractivity (Wildman–Crippen MR) is 102 cm³/mol. The standard InChI is InChI=1S/C21H30N4/c1-17-9-19(13-22-11-17)15-24(3)21-5-4-7-25(8-6-21)16-20-10-18(2)12-23-14-20/h9-14,21H,4-8,15-16H2,1-3H3. The fourth-order valence-corrected chi connectivity index (χ4v) is 3.82. The maximum Gasteiger partial charge on any atom is 0.0313 e. The molecule has 0 aromatic carbocycles. The van der Waals surface area contributed by atoms with Crippen molar-refractivity contribution in [3.8, 4) is 0 Å². The molecule has 0 bridgehead atoms. The van der Waals surface area contributed by atoms with Crippen molar-refractivity contribution in [1.82, 2.24) is 19.8 Å². The van der Waals surface area contributed by atoms with Gasteiger partial charge in [-0.2, -0.15) is 0 Å². The van der Waals surface area contributed by atoms with E-state index in [1.165, 1.54) is 48.1 Å². The fourth-order valence-electron chi connectivity index (χ4n) is 3.82. The lowest BCUT2D eigenvalue weighted by atomic mass is 10.1. The Morgan fingerprint density at radius 1 is 0.960 bits per heavy atom. The molecule has 134 valence electrons. The van der Waals surface area contributed by atoms with Crippen molar-refractivity contribution in [3.63, 3.8) is 0 Å². The van der Waals surface area contributed by atoms with Gasteiger partial charge in [-0.05, 0) is 75.5 Å². The second kappa shape index (κ2) is 8.54. The van der Waals surface area contributed by atoms with Crippen LogP contribution in [0.5, 0.6) is 0 Å². The fraction of sp³-hybridized carbons (Fsp3) is 0.524. The predicted octanol–water partition coefficient (Wildman–Crippen LogP) is 3.58. The molecule has 4 nitrogen and oxygen atoms in total. The molecule has 0 aliphatic carbocycles. The van der Waals surface area contributed by atoms with Gasteiger partial charge in [0.25, 0.3) is 0 Å². The molecule has 0 amide bonds. The van der Waals surface area contributed by atoms with Crippen molar-refractivity contribution in [2.24, 2.45) is 0 Å². The molecule has 1 saturated heterocycles. The molecule has 3 rings (SSSR count). The minimum atomic E-state index is 0.654. The zero-order valence-corrected chi connectivity index (χ0v) is 15.8. The van der Waals surface area contributed by atoms with Gasteiger partial charge in [-0.3, -0.25) is 19.8 Å². The van der Waals surface area contributed by atoms with Gasteiger partial charge in [-0.1, -0.05) is 12.1 Å². The van der Waals surface area contributed by atoms with Gasteiger partial charge in [0.1, 0.15) is 0 Å². The van der Waals surface area contributed by atoms with E-state index in [2.05, 4.69) is 52.8 Å². The first-order valence-electron chi connectivity index (χ1n) is 9.34. The average molecular weight is 338 g/mol. The molecule has 0 radical (unpaired) electrons. The Hall–Kier alpha value is -1.78. The smallest absolute Gasteiger partial charge is 0.0313 e. The number of aromatic nitrogens is 2. The number of nitrogens with zero attached hydrogens (tertiary/aromatic N) is 4. The van der Waals surface area contributed by atoms with Gasteiger partial charge in [0.15, 0.2) is 0 Å². The van der Waals surface area contributed by atoms with Gasteiger partial charge in [-0.25, -0.2) is 0 Å². The van der Waals surface area contributed by atoms with Gasteiger partial charge in [0.2, 0.25) is 0 Å².